The number of methoxy groups -OCH3 is 1. The predicted octanol–water partition coefficient (Wildman–Crippen LogP) is 2.83. The van der Waals surface area contributed by atoms with Crippen molar-refractivity contribution in [1.29, 1.82) is 0 Å². The summed E-state index contributed by atoms with van der Waals surface area (Å²) in [4.78, 5) is 10.8. The molecule has 1 heterocycles. The molecule has 1 saturated heterocycles. The van der Waals surface area contributed by atoms with Crippen LogP contribution in [0.5, 0.6) is 11.5 Å². The van der Waals surface area contributed by atoms with Crippen LogP contribution in [0, 0.1) is 0 Å². The molecule has 0 unspecified atom stereocenters. The maximum atomic E-state index is 10.8. The van der Waals surface area contributed by atoms with E-state index in [2.05, 4.69) is 15.9 Å². The van der Waals surface area contributed by atoms with Gasteiger partial charge in [0.05, 0.1) is 24.8 Å². The van der Waals surface area contributed by atoms with Crippen molar-refractivity contribution >= 4 is 22.2 Å². The van der Waals surface area contributed by atoms with E-state index in [0.29, 0.717) is 17.1 Å². The Morgan fingerprint density at radius 2 is 2.11 bits per heavy atom. The van der Waals surface area contributed by atoms with E-state index in [-0.39, 0.29) is 6.10 Å². The van der Waals surface area contributed by atoms with Crippen LogP contribution in [0.15, 0.2) is 16.6 Å². The SMILES string of the molecule is COc1cc(C=O)cc(Br)c1OC1CCOCC1. The van der Waals surface area contributed by atoms with E-state index in [1.54, 1.807) is 19.2 Å². The zero-order valence-corrected chi connectivity index (χ0v) is 11.7. The van der Waals surface area contributed by atoms with E-state index in [1.807, 2.05) is 0 Å². The Hall–Kier alpha value is -1.07. The van der Waals surface area contributed by atoms with Crippen LogP contribution in [0.2, 0.25) is 0 Å². The number of hydrogen-bond acceptors (Lipinski definition) is 4. The average molecular weight is 315 g/mol. The molecule has 1 aromatic rings. The molecule has 1 aliphatic rings. The molecule has 0 atom stereocenters. The van der Waals surface area contributed by atoms with Crippen molar-refractivity contribution in [1.82, 2.24) is 0 Å². The molecule has 5 heteroatoms. The number of benzene rings is 1. The molecular formula is C13H15BrO4. The number of carbonyl (C=O) groups excluding carboxylic acids is 1. The van der Waals surface area contributed by atoms with E-state index in [4.69, 9.17) is 14.2 Å². The van der Waals surface area contributed by atoms with Gasteiger partial charge in [0.25, 0.3) is 0 Å². The van der Waals surface area contributed by atoms with Crippen LogP contribution in [0.3, 0.4) is 0 Å². The lowest BCUT2D eigenvalue weighted by molar-refractivity contribution is 0.0242. The zero-order chi connectivity index (χ0) is 13.0. The second-order valence-corrected chi connectivity index (χ2v) is 4.94. The van der Waals surface area contributed by atoms with Crippen molar-refractivity contribution in [2.24, 2.45) is 0 Å². The van der Waals surface area contributed by atoms with E-state index >= 15 is 0 Å². The normalized spacial score (nSPS) is 16.3. The van der Waals surface area contributed by atoms with E-state index in [0.717, 1.165) is 36.8 Å². The molecule has 0 N–H and O–H groups in total. The van der Waals surface area contributed by atoms with E-state index in [9.17, 15) is 4.79 Å². The minimum absolute atomic E-state index is 0.131. The van der Waals surface area contributed by atoms with E-state index < -0.39 is 0 Å². The van der Waals surface area contributed by atoms with Crippen LogP contribution in [-0.4, -0.2) is 32.7 Å². The molecule has 0 bridgehead atoms. The number of hydrogen-bond donors (Lipinski definition) is 0. The summed E-state index contributed by atoms with van der Waals surface area (Å²) in [6.07, 6.45) is 2.65. The average Bonchev–Trinajstić information content (AvgIpc) is 2.42. The minimum atomic E-state index is 0.131. The molecule has 1 aliphatic heterocycles. The third kappa shape index (κ3) is 3.03. The number of ether oxygens (including phenoxy) is 3. The van der Waals surface area contributed by atoms with Crippen molar-refractivity contribution < 1.29 is 19.0 Å². The van der Waals surface area contributed by atoms with Gasteiger partial charge >= 0.3 is 0 Å². The van der Waals surface area contributed by atoms with Gasteiger partial charge in [0.2, 0.25) is 0 Å². The van der Waals surface area contributed by atoms with Gasteiger partial charge in [0.15, 0.2) is 11.5 Å². The molecule has 0 spiro atoms. The Labute approximate surface area is 114 Å². The zero-order valence-electron chi connectivity index (χ0n) is 10.1. The molecule has 18 heavy (non-hydrogen) atoms. The van der Waals surface area contributed by atoms with Crippen LogP contribution >= 0.6 is 15.9 Å². The van der Waals surface area contributed by atoms with Crippen LogP contribution in [0.1, 0.15) is 23.2 Å². The summed E-state index contributed by atoms with van der Waals surface area (Å²) < 4.78 is 17.2. The van der Waals surface area contributed by atoms with Crippen LogP contribution in [0.25, 0.3) is 0 Å². The van der Waals surface area contributed by atoms with Crippen molar-refractivity contribution in [3.05, 3.63) is 22.2 Å². The van der Waals surface area contributed by atoms with Crippen molar-refractivity contribution in [2.45, 2.75) is 18.9 Å². The monoisotopic (exact) mass is 314 g/mol. The molecule has 1 aromatic carbocycles. The first-order valence-corrected chi connectivity index (χ1v) is 6.61. The third-order valence-electron chi connectivity index (χ3n) is 2.84. The largest absolute Gasteiger partial charge is 0.493 e. The highest BCUT2D eigenvalue weighted by Crippen LogP contribution is 2.37. The lowest BCUT2D eigenvalue weighted by Crippen LogP contribution is -2.26. The molecule has 1 fully saturated rings. The fourth-order valence-electron chi connectivity index (χ4n) is 1.88. The standard InChI is InChI=1S/C13H15BrO4/c1-16-12-7-9(8-15)6-11(14)13(12)18-10-2-4-17-5-3-10/h6-8,10H,2-5H2,1H3. The van der Waals surface area contributed by atoms with Gasteiger partial charge in [0, 0.05) is 18.4 Å². The summed E-state index contributed by atoms with van der Waals surface area (Å²) in [5.74, 6) is 1.22. The number of carbonyl (C=O) groups is 1. The topological polar surface area (TPSA) is 44.8 Å². The Kier molecular flexibility index (Phi) is 4.60. The van der Waals surface area contributed by atoms with Gasteiger partial charge in [-0.05, 0) is 28.1 Å². The quantitative estimate of drug-likeness (QED) is 0.802. The molecule has 0 aromatic heterocycles. The first-order valence-electron chi connectivity index (χ1n) is 5.81. The summed E-state index contributed by atoms with van der Waals surface area (Å²) in [6, 6.07) is 3.40. The number of halogens is 1. The second-order valence-electron chi connectivity index (χ2n) is 4.08. The van der Waals surface area contributed by atoms with Gasteiger partial charge in [-0.2, -0.15) is 0 Å². The van der Waals surface area contributed by atoms with Crippen LogP contribution in [0.4, 0.5) is 0 Å². The molecule has 0 saturated carbocycles. The Balaban J connectivity index is 2.22. The number of rotatable bonds is 4. The Morgan fingerprint density at radius 1 is 1.39 bits per heavy atom. The van der Waals surface area contributed by atoms with Gasteiger partial charge in [-0.25, -0.2) is 0 Å². The first kappa shape index (κ1) is 13.4. The van der Waals surface area contributed by atoms with Crippen molar-refractivity contribution in [2.75, 3.05) is 20.3 Å². The summed E-state index contributed by atoms with van der Waals surface area (Å²) in [5, 5.41) is 0. The van der Waals surface area contributed by atoms with Crippen molar-refractivity contribution in [3.63, 3.8) is 0 Å². The Bertz CT molecular complexity index is 427. The summed E-state index contributed by atoms with van der Waals surface area (Å²) in [7, 11) is 1.56. The highest BCUT2D eigenvalue weighted by Gasteiger charge is 2.19. The number of aldehydes is 1. The van der Waals surface area contributed by atoms with Crippen LogP contribution < -0.4 is 9.47 Å². The maximum absolute atomic E-state index is 10.8. The van der Waals surface area contributed by atoms with Gasteiger partial charge in [-0.1, -0.05) is 0 Å². The molecule has 2 rings (SSSR count). The fourth-order valence-corrected chi connectivity index (χ4v) is 2.44. The smallest absolute Gasteiger partial charge is 0.175 e. The maximum Gasteiger partial charge on any atom is 0.175 e. The molecule has 4 nitrogen and oxygen atoms in total. The molecule has 98 valence electrons. The Morgan fingerprint density at radius 3 is 2.72 bits per heavy atom. The molecule has 0 aliphatic carbocycles. The fraction of sp³-hybridized carbons (Fsp3) is 0.462. The van der Waals surface area contributed by atoms with Crippen molar-refractivity contribution in [3.8, 4) is 11.5 Å². The summed E-state index contributed by atoms with van der Waals surface area (Å²) in [5.41, 5.74) is 0.554. The highest BCUT2D eigenvalue weighted by atomic mass is 79.9. The molecular weight excluding hydrogens is 300 g/mol. The molecule has 0 radical (unpaired) electrons. The summed E-state index contributed by atoms with van der Waals surface area (Å²) in [6.45, 7) is 1.44. The highest BCUT2D eigenvalue weighted by molar-refractivity contribution is 9.10. The predicted molar refractivity (Wildman–Crippen MR) is 70.6 cm³/mol. The third-order valence-corrected chi connectivity index (χ3v) is 3.43. The second kappa shape index (κ2) is 6.20. The lowest BCUT2D eigenvalue weighted by atomic mass is 10.1. The van der Waals surface area contributed by atoms with Gasteiger partial charge < -0.3 is 14.2 Å². The lowest BCUT2D eigenvalue weighted by Gasteiger charge is -2.24. The van der Waals surface area contributed by atoms with Gasteiger partial charge in [-0.3, -0.25) is 4.79 Å². The minimum Gasteiger partial charge on any atom is -0.493 e. The summed E-state index contributed by atoms with van der Waals surface area (Å²) >= 11 is 3.41. The first-order chi connectivity index (χ1) is 8.74. The molecule has 0 amide bonds. The van der Waals surface area contributed by atoms with Gasteiger partial charge in [-0.15, -0.1) is 0 Å². The van der Waals surface area contributed by atoms with Gasteiger partial charge in [0.1, 0.15) is 12.4 Å². The van der Waals surface area contributed by atoms with Crippen LogP contribution in [-0.2, 0) is 4.74 Å². The van der Waals surface area contributed by atoms with E-state index in [1.165, 1.54) is 0 Å².